The van der Waals surface area contributed by atoms with E-state index in [1.807, 2.05) is 6.07 Å². The first-order chi connectivity index (χ1) is 12.8. The van der Waals surface area contributed by atoms with Gasteiger partial charge in [-0.05, 0) is 36.4 Å². The monoisotopic (exact) mass is 406 g/mol. The van der Waals surface area contributed by atoms with Crippen LogP contribution in [0.15, 0.2) is 53.4 Å². The normalized spacial score (nSPS) is 10.9. The van der Waals surface area contributed by atoms with Gasteiger partial charge in [0.25, 0.3) is 5.91 Å². The first-order valence-electron chi connectivity index (χ1n) is 8.01. The number of amides is 1. The van der Waals surface area contributed by atoms with Gasteiger partial charge >= 0.3 is 0 Å². The van der Waals surface area contributed by atoms with E-state index in [1.54, 1.807) is 25.2 Å². The van der Waals surface area contributed by atoms with Crippen molar-refractivity contribution in [2.45, 2.75) is 4.90 Å². The Morgan fingerprint density at radius 3 is 2.52 bits per heavy atom. The zero-order chi connectivity index (χ0) is 19.9. The van der Waals surface area contributed by atoms with Crippen molar-refractivity contribution in [2.75, 3.05) is 26.7 Å². The molecular formula is C19H19ClN2O4S. The number of carbonyl (C=O) groups excluding carboxylic acids is 1. The number of para-hydroxylation sites is 1. The number of ether oxygens (including phenoxy) is 1. The lowest BCUT2D eigenvalue weighted by Crippen LogP contribution is -2.31. The van der Waals surface area contributed by atoms with Crippen molar-refractivity contribution in [1.82, 2.24) is 9.62 Å². The number of sulfonamides is 1. The molecule has 0 spiro atoms. The van der Waals surface area contributed by atoms with Crippen molar-refractivity contribution in [3.63, 3.8) is 0 Å². The molecule has 0 radical (unpaired) electrons. The van der Waals surface area contributed by atoms with Crippen molar-refractivity contribution < 1.29 is 17.9 Å². The number of nitrogens with zero attached hydrogens (tertiary/aromatic N) is 1. The fraction of sp³-hybridized carbons (Fsp3) is 0.211. The molecule has 0 fully saturated rings. The van der Waals surface area contributed by atoms with Crippen LogP contribution in [0, 0.1) is 12.3 Å². The van der Waals surface area contributed by atoms with E-state index in [9.17, 15) is 13.2 Å². The summed E-state index contributed by atoms with van der Waals surface area (Å²) in [6, 6.07) is 12.7. The molecule has 142 valence electrons. The number of carbonyl (C=O) groups is 1. The van der Waals surface area contributed by atoms with Crippen LogP contribution in [0.4, 0.5) is 0 Å². The molecule has 0 saturated heterocycles. The molecule has 0 heterocycles. The molecule has 0 aliphatic rings. The Labute approximate surface area is 164 Å². The number of halogens is 1. The van der Waals surface area contributed by atoms with Crippen LogP contribution >= 0.6 is 11.6 Å². The molecule has 0 aliphatic carbocycles. The predicted molar refractivity (Wildman–Crippen MR) is 104 cm³/mol. The third-order valence-corrected chi connectivity index (χ3v) is 5.37. The Kier molecular flexibility index (Phi) is 7.25. The van der Waals surface area contributed by atoms with Gasteiger partial charge in [-0.15, -0.1) is 6.42 Å². The molecular weight excluding hydrogens is 388 g/mol. The number of hydrogen-bond acceptors (Lipinski definition) is 4. The van der Waals surface area contributed by atoms with Crippen molar-refractivity contribution >= 4 is 27.5 Å². The third-order valence-electron chi connectivity index (χ3n) is 3.64. The predicted octanol–water partition coefficient (Wildman–Crippen LogP) is 2.40. The maximum absolute atomic E-state index is 12.4. The van der Waals surface area contributed by atoms with E-state index in [1.165, 1.54) is 29.2 Å². The van der Waals surface area contributed by atoms with E-state index in [0.29, 0.717) is 22.9 Å². The van der Waals surface area contributed by atoms with Crippen LogP contribution in [0.3, 0.4) is 0 Å². The van der Waals surface area contributed by atoms with Gasteiger partial charge in [-0.1, -0.05) is 29.7 Å². The van der Waals surface area contributed by atoms with E-state index in [2.05, 4.69) is 10.6 Å². The highest BCUT2D eigenvalue weighted by Crippen LogP contribution is 2.22. The molecule has 0 aliphatic heterocycles. The molecule has 2 aromatic carbocycles. The standard InChI is InChI=1S/C19H19ClN2O4S/c1-3-12-21-27(24,25)16-10-8-15(9-11-16)19(23)22(2)13-14-26-18-7-5-4-6-17(18)20/h1,4-11,21H,12-14H2,2H3. The zero-order valence-corrected chi connectivity index (χ0v) is 16.3. The van der Waals surface area contributed by atoms with E-state index >= 15 is 0 Å². The summed E-state index contributed by atoms with van der Waals surface area (Å²) in [7, 11) is -2.05. The minimum Gasteiger partial charge on any atom is -0.490 e. The van der Waals surface area contributed by atoms with E-state index in [4.69, 9.17) is 22.8 Å². The summed E-state index contributed by atoms with van der Waals surface area (Å²) < 4.78 is 31.8. The van der Waals surface area contributed by atoms with Crippen LogP contribution in [-0.2, 0) is 10.0 Å². The Morgan fingerprint density at radius 2 is 1.89 bits per heavy atom. The first-order valence-corrected chi connectivity index (χ1v) is 9.87. The molecule has 6 nitrogen and oxygen atoms in total. The molecule has 0 atom stereocenters. The smallest absolute Gasteiger partial charge is 0.253 e. The van der Waals surface area contributed by atoms with Crippen LogP contribution < -0.4 is 9.46 Å². The summed E-state index contributed by atoms with van der Waals surface area (Å²) in [5.41, 5.74) is 0.367. The van der Waals surface area contributed by atoms with Gasteiger partial charge in [0.1, 0.15) is 12.4 Å². The van der Waals surface area contributed by atoms with Crippen LogP contribution in [0.1, 0.15) is 10.4 Å². The van der Waals surface area contributed by atoms with E-state index < -0.39 is 10.0 Å². The first kappa shape index (κ1) is 20.8. The lowest BCUT2D eigenvalue weighted by atomic mass is 10.2. The molecule has 2 aromatic rings. The summed E-state index contributed by atoms with van der Waals surface area (Å²) >= 11 is 6.01. The minimum atomic E-state index is -3.68. The minimum absolute atomic E-state index is 0.0407. The maximum Gasteiger partial charge on any atom is 0.253 e. The fourth-order valence-corrected chi connectivity index (χ4v) is 3.30. The van der Waals surface area contributed by atoms with E-state index in [0.717, 1.165) is 0 Å². The summed E-state index contributed by atoms with van der Waals surface area (Å²) in [4.78, 5) is 14.0. The maximum atomic E-state index is 12.4. The Bertz CT molecular complexity index is 937. The van der Waals surface area contributed by atoms with E-state index in [-0.39, 0.29) is 24.0 Å². The van der Waals surface area contributed by atoms with Crippen molar-refractivity contribution in [1.29, 1.82) is 0 Å². The molecule has 0 saturated carbocycles. The number of likely N-dealkylation sites (N-methyl/N-ethyl adjacent to an activating group) is 1. The SMILES string of the molecule is C#CCNS(=O)(=O)c1ccc(C(=O)N(C)CCOc2ccccc2Cl)cc1. The average Bonchev–Trinajstić information content (AvgIpc) is 2.67. The lowest BCUT2D eigenvalue weighted by molar-refractivity contribution is 0.0773. The lowest BCUT2D eigenvalue weighted by Gasteiger charge is -2.18. The topological polar surface area (TPSA) is 75.7 Å². The molecule has 0 bridgehead atoms. The molecule has 27 heavy (non-hydrogen) atoms. The van der Waals surface area contributed by atoms with Gasteiger partial charge in [0.15, 0.2) is 0 Å². The summed E-state index contributed by atoms with van der Waals surface area (Å²) in [5, 5.41) is 0.502. The van der Waals surface area contributed by atoms with Gasteiger partial charge in [0, 0.05) is 12.6 Å². The van der Waals surface area contributed by atoms with Crippen LogP contribution in [0.2, 0.25) is 5.02 Å². The highest BCUT2D eigenvalue weighted by atomic mass is 35.5. The second kappa shape index (κ2) is 9.42. The molecule has 0 unspecified atom stereocenters. The highest BCUT2D eigenvalue weighted by molar-refractivity contribution is 7.89. The number of hydrogen-bond donors (Lipinski definition) is 1. The highest BCUT2D eigenvalue weighted by Gasteiger charge is 2.16. The number of nitrogens with one attached hydrogen (secondary N) is 1. The summed E-state index contributed by atoms with van der Waals surface area (Å²) in [5.74, 6) is 2.50. The fourth-order valence-electron chi connectivity index (χ4n) is 2.17. The molecule has 8 heteroatoms. The van der Waals surface area contributed by atoms with Crippen molar-refractivity contribution in [3.05, 3.63) is 59.1 Å². The Morgan fingerprint density at radius 1 is 1.22 bits per heavy atom. The summed E-state index contributed by atoms with van der Waals surface area (Å²) in [6.07, 6.45) is 5.05. The van der Waals surface area contributed by atoms with Gasteiger partial charge in [0.05, 0.1) is 23.0 Å². The second-order valence-corrected chi connectivity index (χ2v) is 7.73. The van der Waals surface area contributed by atoms with Crippen molar-refractivity contribution in [2.24, 2.45) is 0 Å². The third kappa shape index (κ3) is 5.73. The number of terminal acetylenes is 1. The van der Waals surface area contributed by atoms with Gasteiger partial charge in [-0.25, -0.2) is 8.42 Å². The van der Waals surface area contributed by atoms with Gasteiger partial charge in [-0.2, -0.15) is 4.72 Å². The van der Waals surface area contributed by atoms with Crippen molar-refractivity contribution in [3.8, 4) is 18.1 Å². The molecule has 1 amide bonds. The molecule has 2 rings (SSSR count). The zero-order valence-electron chi connectivity index (χ0n) is 14.7. The Balaban J connectivity index is 1.94. The number of rotatable bonds is 8. The van der Waals surface area contributed by atoms with Gasteiger partial charge < -0.3 is 9.64 Å². The van der Waals surface area contributed by atoms with Crippen LogP contribution in [-0.4, -0.2) is 46.0 Å². The summed E-state index contributed by atoms with van der Waals surface area (Å²) in [6.45, 7) is 0.513. The van der Waals surface area contributed by atoms with Crippen LogP contribution in [0.5, 0.6) is 5.75 Å². The second-order valence-electron chi connectivity index (χ2n) is 5.56. The molecule has 1 N–H and O–H groups in total. The Hall–Kier alpha value is -2.53. The largest absolute Gasteiger partial charge is 0.490 e. The molecule has 0 aromatic heterocycles. The quantitative estimate of drug-likeness (QED) is 0.683. The van der Waals surface area contributed by atoms with Crippen LogP contribution in [0.25, 0.3) is 0 Å². The van der Waals surface area contributed by atoms with Gasteiger partial charge in [-0.3, -0.25) is 4.79 Å². The van der Waals surface area contributed by atoms with Gasteiger partial charge in [0.2, 0.25) is 10.0 Å². The average molecular weight is 407 g/mol. The number of benzene rings is 2.